The molecular weight excluding hydrogens is 354 g/mol. The van der Waals surface area contributed by atoms with Crippen molar-refractivity contribution in [1.82, 2.24) is 20.1 Å². The van der Waals surface area contributed by atoms with Crippen molar-refractivity contribution in [3.8, 4) is 0 Å². The van der Waals surface area contributed by atoms with Crippen molar-refractivity contribution < 1.29 is 4.79 Å². The van der Waals surface area contributed by atoms with Gasteiger partial charge in [-0.2, -0.15) is 0 Å². The van der Waals surface area contributed by atoms with Gasteiger partial charge in [0.25, 0.3) is 0 Å². The highest BCUT2D eigenvalue weighted by Crippen LogP contribution is 2.42. The van der Waals surface area contributed by atoms with Crippen LogP contribution in [0, 0.1) is 0 Å². The van der Waals surface area contributed by atoms with E-state index in [2.05, 4.69) is 25.0 Å². The molecule has 0 radical (unpaired) electrons. The second-order valence-electron chi connectivity index (χ2n) is 6.64. The van der Waals surface area contributed by atoms with Crippen molar-refractivity contribution in [3.63, 3.8) is 0 Å². The molecule has 3 heterocycles. The molecule has 2 fully saturated rings. The third-order valence-electron chi connectivity index (χ3n) is 4.62. The number of aromatic nitrogens is 3. The molecule has 1 aliphatic carbocycles. The van der Waals surface area contributed by atoms with E-state index in [4.69, 9.17) is 0 Å². The van der Waals surface area contributed by atoms with Crippen molar-refractivity contribution in [3.05, 3.63) is 22.4 Å². The van der Waals surface area contributed by atoms with E-state index in [-0.39, 0.29) is 11.2 Å². The Morgan fingerprint density at radius 3 is 2.88 bits per heavy atom. The number of amides is 1. The minimum absolute atomic E-state index is 0.0477. The van der Waals surface area contributed by atoms with Gasteiger partial charge in [0, 0.05) is 24.0 Å². The summed E-state index contributed by atoms with van der Waals surface area (Å²) in [5, 5.41) is 14.6. The molecule has 1 saturated heterocycles. The van der Waals surface area contributed by atoms with Crippen LogP contribution in [0.5, 0.6) is 0 Å². The Labute approximate surface area is 156 Å². The zero-order chi connectivity index (χ0) is 17.2. The minimum Gasteiger partial charge on any atom is -0.350 e. The molecule has 1 amide bonds. The number of nitrogens with one attached hydrogen (secondary N) is 1. The number of thioether (sulfide) groups is 1. The summed E-state index contributed by atoms with van der Waals surface area (Å²) < 4.78 is 2.26. The molecule has 0 aromatic carbocycles. The van der Waals surface area contributed by atoms with E-state index in [0.717, 1.165) is 24.2 Å². The second kappa shape index (κ2) is 7.37. The van der Waals surface area contributed by atoms with E-state index in [0.29, 0.717) is 12.6 Å². The van der Waals surface area contributed by atoms with Crippen LogP contribution < -0.4 is 10.2 Å². The van der Waals surface area contributed by atoms with Gasteiger partial charge in [-0.3, -0.25) is 9.36 Å². The van der Waals surface area contributed by atoms with Gasteiger partial charge in [-0.05, 0) is 44.1 Å². The first kappa shape index (κ1) is 16.9. The molecule has 0 bridgehead atoms. The van der Waals surface area contributed by atoms with E-state index in [1.165, 1.54) is 42.3 Å². The number of nitrogens with zero attached hydrogens (tertiary/aromatic N) is 4. The number of carbonyl (C=O) groups is 1. The van der Waals surface area contributed by atoms with Gasteiger partial charge < -0.3 is 10.2 Å². The topological polar surface area (TPSA) is 63.1 Å². The highest BCUT2D eigenvalue weighted by molar-refractivity contribution is 8.00. The third kappa shape index (κ3) is 3.84. The first-order valence-corrected chi connectivity index (χ1v) is 10.6. The van der Waals surface area contributed by atoms with Crippen LogP contribution in [0.3, 0.4) is 0 Å². The van der Waals surface area contributed by atoms with Gasteiger partial charge in [0.2, 0.25) is 11.9 Å². The Hall–Kier alpha value is -1.54. The average molecular weight is 378 g/mol. The summed E-state index contributed by atoms with van der Waals surface area (Å²) >= 11 is 3.18. The molecule has 6 nitrogen and oxygen atoms in total. The van der Waals surface area contributed by atoms with Crippen LogP contribution in [0.25, 0.3) is 0 Å². The Balaban J connectivity index is 1.42. The molecular formula is C17H23N5OS2. The number of anilines is 1. The Kier molecular flexibility index (Phi) is 4.98. The fourth-order valence-electron chi connectivity index (χ4n) is 3.08. The van der Waals surface area contributed by atoms with Gasteiger partial charge in [-0.15, -0.1) is 21.5 Å². The van der Waals surface area contributed by atoms with Crippen molar-refractivity contribution in [2.45, 2.75) is 55.6 Å². The summed E-state index contributed by atoms with van der Waals surface area (Å²) in [6, 6.07) is 4.55. The summed E-state index contributed by atoms with van der Waals surface area (Å²) in [6.45, 7) is 4.66. The standard InChI is InChI=1S/C17H23N5OS2/c1-12(15(23)18-11-14-5-4-10-24-14)25-17-20-19-16(21-8-2-3-9-21)22(17)13-6-7-13/h4-5,10,12-13H,2-3,6-9,11H2,1H3,(H,18,23)/t12-/m0/s1. The van der Waals surface area contributed by atoms with Crippen LogP contribution >= 0.6 is 23.1 Å². The van der Waals surface area contributed by atoms with Gasteiger partial charge in [-0.1, -0.05) is 17.8 Å². The molecule has 0 unspecified atom stereocenters. The first-order valence-electron chi connectivity index (χ1n) is 8.89. The molecule has 4 rings (SSSR count). The Morgan fingerprint density at radius 1 is 1.40 bits per heavy atom. The lowest BCUT2D eigenvalue weighted by atomic mass is 10.4. The van der Waals surface area contributed by atoms with Crippen molar-refractivity contribution in [2.75, 3.05) is 18.0 Å². The Bertz CT molecular complexity index is 719. The van der Waals surface area contributed by atoms with E-state index in [1.54, 1.807) is 11.3 Å². The maximum Gasteiger partial charge on any atom is 0.233 e. The van der Waals surface area contributed by atoms with Crippen LogP contribution in [0.15, 0.2) is 22.7 Å². The monoisotopic (exact) mass is 377 g/mol. The number of rotatable bonds is 7. The molecule has 2 aromatic heterocycles. The van der Waals surface area contributed by atoms with Gasteiger partial charge in [0.05, 0.1) is 11.8 Å². The Morgan fingerprint density at radius 2 is 2.20 bits per heavy atom. The number of hydrogen-bond acceptors (Lipinski definition) is 6. The summed E-state index contributed by atoms with van der Waals surface area (Å²) in [6.07, 6.45) is 4.82. The lowest BCUT2D eigenvalue weighted by Crippen LogP contribution is -2.30. The van der Waals surface area contributed by atoms with Crippen molar-refractivity contribution >= 4 is 35.0 Å². The normalized spacial score (nSPS) is 18.5. The summed E-state index contributed by atoms with van der Waals surface area (Å²) in [5.41, 5.74) is 0. The molecule has 2 aliphatic rings. The summed E-state index contributed by atoms with van der Waals surface area (Å²) in [5.74, 6) is 1.04. The van der Waals surface area contributed by atoms with Crippen LogP contribution in [0.4, 0.5) is 5.95 Å². The molecule has 2 aromatic rings. The first-order chi connectivity index (χ1) is 12.2. The van der Waals surface area contributed by atoms with Crippen LogP contribution in [-0.2, 0) is 11.3 Å². The number of hydrogen-bond donors (Lipinski definition) is 1. The molecule has 1 saturated carbocycles. The van der Waals surface area contributed by atoms with Crippen molar-refractivity contribution in [2.24, 2.45) is 0 Å². The molecule has 8 heteroatoms. The number of carbonyl (C=O) groups excluding carboxylic acids is 1. The maximum absolute atomic E-state index is 12.4. The minimum atomic E-state index is -0.187. The fraction of sp³-hybridized carbons (Fsp3) is 0.588. The van der Waals surface area contributed by atoms with Gasteiger partial charge >= 0.3 is 0 Å². The highest BCUT2D eigenvalue weighted by atomic mass is 32.2. The molecule has 1 atom stereocenters. The zero-order valence-electron chi connectivity index (χ0n) is 14.4. The lowest BCUT2D eigenvalue weighted by molar-refractivity contribution is -0.120. The molecule has 25 heavy (non-hydrogen) atoms. The largest absolute Gasteiger partial charge is 0.350 e. The summed E-state index contributed by atoms with van der Waals surface area (Å²) in [7, 11) is 0. The van der Waals surface area contributed by atoms with Crippen LogP contribution in [-0.4, -0.2) is 39.0 Å². The SMILES string of the molecule is C[C@H](Sc1nnc(N2CCCC2)n1C1CC1)C(=O)NCc1cccs1. The molecule has 0 spiro atoms. The van der Waals surface area contributed by atoms with Gasteiger partial charge in [0.15, 0.2) is 5.16 Å². The predicted octanol–water partition coefficient (Wildman–Crippen LogP) is 3.07. The quantitative estimate of drug-likeness (QED) is 0.752. The number of thiophene rings is 1. The maximum atomic E-state index is 12.4. The van der Waals surface area contributed by atoms with Crippen LogP contribution in [0.2, 0.25) is 0 Å². The second-order valence-corrected chi connectivity index (χ2v) is 8.98. The smallest absolute Gasteiger partial charge is 0.233 e. The van der Waals surface area contributed by atoms with E-state index >= 15 is 0 Å². The molecule has 1 N–H and O–H groups in total. The predicted molar refractivity (Wildman–Crippen MR) is 101 cm³/mol. The van der Waals surface area contributed by atoms with Crippen molar-refractivity contribution in [1.29, 1.82) is 0 Å². The summed E-state index contributed by atoms with van der Waals surface area (Å²) in [4.78, 5) is 15.9. The third-order valence-corrected chi connectivity index (χ3v) is 6.55. The van der Waals surface area contributed by atoms with Gasteiger partial charge in [-0.25, -0.2) is 0 Å². The van der Waals surface area contributed by atoms with E-state index < -0.39 is 0 Å². The zero-order valence-corrected chi connectivity index (χ0v) is 16.0. The average Bonchev–Trinajstić information content (AvgIpc) is 3.05. The van der Waals surface area contributed by atoms with E-state index in [1.807, 2.05) is 24.4 Å². The molecule has 1 aliphatic heterocycles. The molecule has 134 valence electrons. The van der Waals surface area contributed by atoms with Gasteiger partial charge in [0.1, 0.15) is 0 Å². The highest BCUT2D eigenvalue weighted by Gasteiger charge is 2.33. The van der Waals surface area contributed by atoms with E-state index in [9.17, 15) is 4.79 Å². The lowest BCUT2D eigenvalue weighted by Gasteiger charge is -2.18. The fourth-order valence-corrected chi connectivity index (χ4v) is 4.66. The van der Waals surface area contributed by atoms with Crippen LogP contribution in [0.1, 0.15) is 43.5 Å².